The van der Waals surface area contributed by atoms with E-state index in [2.05, 4.69) is 15.3 Å². The smallest absolute Gasteiger partial charge is 0.278 e. The van der Waals surface area contributed by atoms with E-state index in [-0.39, 0.29) is 29.0 Å². The molecule has 1 N–H and O–H groups in total. The summed E-state index contributed by atoms with van der Waals surface area (Å²) >= 11 is 1.11. The van der Waals surface area contributed by atoms with Crippen LogP contribution >= 0.6 is 11.8 Å². The largest absolute Gasteiger partial charge is 0.497 e. The van der Waals surface area contributed by atoms with E-state index >= 15 is 0 Å². The number of nitrogens with zero attached hydrogens (tertiary/aromatic N) is 3. The first-order valence-corrected chi connectivity index (χ1v) is 11.3. The van der Waals surface area contributed by atoms with Gasteiger partial charge in [0.1, 0.15) is 16.4 Å². The van der Waals surface area contributed by atoms with Gasteiger partial charge in [-0.2, -0.15) is 0 Å². The Morgan fingerprint density at radius 1 is 0.939 bits per heavy atom. The van der Waals surface area contributed by atoms with Crippen molar-refractivity contribution >= 4 is 29.3 Å². The summed E-state index contributed by atoms with van der Waals surface area (Å²) in [6, 6.07) is 18.9. The van der Waals surface area contributed by atoms with Crippen LogP contribution in [0.1, 0.15) is 17.0 Å². The minimum Gasteiger partial charge on any atom is -0.497 e. The molecule has 0 radical (unpaired) electrons. The molecule has 0 fully saturated rings. The van der Waals surface area contributed by atoms with Gasteiger partial charge in [-0.1, -0.05) is 36.4 Å². The highest BCUT2D eigenvalue weighted by Crippen LogP contribution is 2.35. The van der Waals surface area contributed by atoms with Gasteiger partial charge in [-0.25, -0.2) is 9.97 Å². The third-order valence-corrected chi connectivity index (χ3v) is 6.03. The molecule has 4 rings (SSSR count). The minimum atomic E-state index is -0.370. The summed E-state index contributed by atoms with van der Waals surface area (Å²) in [7, 11) is 1.58. The lowest BCUT2D eigenvalue weighted by atomic mass is 10.1. The van der Waals surface area contributed by atoms with Gasteiger partial charge >= 0.3 is 0 Å². The topological polar surface area (TPSA) is 84.4 Å². The van der Waals surface area contributed by atoms with Gasteiger partial charge in [0.15, 0.2) is 5.16 Å². The van der Waals surface area contributed by atoms with E-state index in [1.807, 2.05) is 68.4 Å². The van der Waals surface area contributed by atoms with E-state index in [4.69, 9.17) is 4.74 Å². The number of benzene rings is 2. The second kappa shape index (κ2) is 9.87. The molecule has 0 unspecified atom stereocenters. The summed E-state index contributed by atoms with van der Waals surface area (Å²) in [5, 5.41) is 3.56. The Balaban J connectivity index is 1.65. The quantitative estimate of drug-likeness (QED) is 0.400. The molecule has 33 heavy (non-hydrogen) atoms. The van der Waals surface area contributed by atoms with Crippen LogP contribution in [0.15, 0.2) is 76.4 Å². The van der Waals surface area contributed by atoms with Crippen LogP contribution in [0.5, 0.6) is 5.75 Å². The van der Waals surface area contributed by atoms with Crippen LogP contribution in [0, 0.1) is 13.8 Å². The van der Waals surface area contributed by atoms with Gasteiger partial charge < -0.3 is 10.1 Å². The van der Waals surface area contributed by atoms with Crippen molar-refractivity contribution in [1.82, 2.24) is 14.9 Å². The van der Waals surface area contributed by atoms with Gasteiger partial charge in [-0.3, -0.25) is 14.5 Å². The zero-order valence-electron chi connectivity index (χ0n) is 18.7. The van der Waals surface area contributed by atoms with Crippen molar-refractivity contribution in [3.8, 4) is 5.75 Å². The van der Waals surface area contributed by atoms with Crippen LogP contribution in [-0.4, -0.2) is 40.3 Å². The summed E-state index contributed by atoms with van der Waals surface area (Å²) in [6.07, 6.45) is 0.572. The summed E-state index contributed by atoms with van der Waals surface area (Å²) < 4.78 is 5.28. The average Bonchev–Trinajstić information content (AvgIpc) is 3.01. The Hall–Kier alpha value is -3.65. The van der Waals surface area contributed by atoms with Crippen molar-refractivity contribution in [2.24, 2.45) is 0 Å². The molecule has 8 heteroatoms. The molecular formula is C25H24N4O3S. The molecule has 0 saturated carbocycles. The normalized spacial score (nSPS) is 13.6. The molecule has 1 aliphatic heterocycles. The van der Waals surface area contributed by atoms with E-state index < -0.39 is 0 Å². The molecule has 2 amide bonds. The lowest BCUT2D eigenvalue weighted by Gasteiger charge is -2.15. The van der Waals surface area contributed by atoms with Crippen LogP contribution in [-0.2, 0) is 16.0 Å². The highest BCUT2D eigenvalue weighted by Gasteiger charge is 2.39. The lowest BCUT2D eigenvalue weighted by molar-refractivity contribution is -0.137. The van der Waals surface area contributed by atoms with Crippen molar-refractivity contribution in [3.63, 3.8) is 0 Å². The Bertz CT molecular complexity index is 1210. The van der Waals surface area contributed by atoms with Crippen LogP contribution in [0.4, 0.5) is 5.69 Å². The Morgan fingerprint density at radius 2 is 1.67 bits per heavy atom. The van der Waals surface area contributed by atoms with E-state index in [9.17, 15) is 9.59 Å². The fraction of sp³-hybridized carbons (Fsp3) is 0.200. The van der Waals surface area contributed by atoms with Crippen molar-refractivity contribution in [1.29, 1.82) is 0 Å². The SMILES string of the molecule is COc1cccc(NC2=C(Sc3nc(C)cc(C)n3)C(=O)N(CCc3ccccc3)C2=O)c1. The first kappa shape index (κ1) is 22.5. The minimum absolute atomic E-state index is 0.217. The van der Waals surface area contributed by atoms with Gasteiger partial charge in [0, 0.05) is 29.7 Å². The number of methoxy groups -OCH3 is 1. The highest BCUT2D eigenvalue weighted by atomic mass is 32.2. The van der Waals surface area contributed by atoms with E-state index in [1.54, 1.807) is 13.2 Å². The van der Waals surface area contributed by atoms with Gasteiger partial charge in [-0.05, 0) is 55.8 Å². The van der Waals surface area contributed by atoms with Gasteiger partial charge in [0.2, 0.25) is 0 Å². The third kappa shape index (κ3) is 5.23. The van der Waals surface area contributed by atoms with E-state index in [0.717, 1.165) is 28.7 Å². The standard InChI is InChI=1S/C25H24N4O3S/c1-16-14-17(2)27-25(26-16)33-22-21(28-19-10-7-11-20(15-19)32-3)23(30)29(24(22)31)13-12-18-8-5-4-6-9-18/h4-11,14-15,28H,12-13H2,1-3H3. The van der Waals surface area contributed by atoms with Crippen molar-refractivity contribution in [2.75, 3.05) is 19.0 Å². The molecular weight excluding hydrogens is 436 g/mol. The number of ether oxygens (including phenoxy) is 1. The molecule has 3 aromatic rings. The number of carbonyl (C=O) groups is 2. The fourth-order valence-electron chi connectivity index (χ4n) is 3.52. The Morgan fingerprint density at radius 3 is 2.36 bits per heavy atom. The van der Waals surface area contributed by atoms with Crippen LogP contribution < -0.4 is 10.1 Å². The second-order valence-electron chi connectivity index (χ2n) is 7.59. The van der Waals surface area contributed by atoms with Gasteiger partial charge in [0.05, 0.1) is 7.11 Å². The predicted molar refractivity (Wildman–Crippen MR) is 128 cm³/mol. The average molecular weight is 461 g/mol. The van der Waals surface area contributed by atoms with Crippen molar-refractivity contribution < 1.29 is 14.3 Å². The lowest BCUT2D eigenvalue weighted by Crippen LogP contribution is -2.34. The molecule has 0 saturated heterocycles. The molecule has 168 valence electrons. The molecule has 1 aromatic heterocycles. The number of aromatic nitrogens is 2. The first-order chi connectivity index (χ1) is 15.9. The van der Waals surface area contributed by atoms with Gasteiger partial charge in [0.25, 0.3) is 11.8 Å². The Labute approximate surface area is 196 Å². The number of hydrogen-bond donors (Lipinski definition) is 1. The van der Waals surface area contributed by atoms with Crippen molar-refractivity contribution in [3.05, 3.63) is 88.2 Å². The Kier molecular flexibility index (Phi) is 6.74. The second-order valence-corrected chi connectivity index (χ2v) is 8.57. The van der Waals surface area contributed by atoms with Crippen LogP contribution in [0.25, 0.3) is 0 Å². The molecule has 7 nitrogen and oxygen atoms in total. The molecule has 1 aliphatic rings. The number of thioether (sulfide) groups is 1. The molecule has 2 heterocycles. The maximum absolute atomic E-state index is 13.3. The number of aryl methyl sites for hydroxylation is 2. The van der Waals surface area contributed by atoms with Gasteiger partial charge in [-0.15, -0.1) is 0 Å². The number of amides is 2. The van der Waals surface area contributed by atoms with Crippen molar-refractivity contribution in [2.45, 2.75) is 25.4 Å². The number of anilines is 1. The molecule has 0 spiro atoms. The number of nitrogens with one attached hydrogen (secondary N) is 1. The molecule has 0 bridgehead atoms. The molecule has 2 aromatic carbocycles. The maximum atomic E-state index is 13.3. The summed E-state index contributed by atoms with van der Waals surface area (Å²) in [5.41, 5.74) is 3.51. The number of hydrogen-bond acceptors (Lipinski definition) is 7. The van der Waals surface area contributed by atoms with Crippen LogP contribution in [0.2, 0.25) is 0 Å². The third-order valence-electron chi connectivity index (χ3n) is 5.09. The number of imide groups is 1. The summed E-state index contributed by atoms with van der Waals surface area (Å²) in [6.45, 7) is 4.02. The van der Waals surface area contributed by atoms with E-state index in [0.29, 0.717) is 23.0 Å². The number of rotatable bonds is 8. The summed E-state index contributed by atoms with van der Waals surface area (Å²) in [4.78, 5) is 37.1. The van der Waals surface area contributed by atoms with Crippen LogP contribution in [0.3, 0.4) is 0 Å². The number of carbonyl (C=O) groups excluding carboxylic acids is 2. The summed E-state index contributed by atoms with van der Waals surface area (Å²) in [5.74, 6) is -0.0788. The molecule has 0 atom stereocenters. The first-order valence-electron chi connectivity index (χ1n) is 10.5. The van der Waals surface area contributed by atoms with E-state index in [1.165, 1.54) is 4.90 Å². The zero-order chi connectivity index (χ0) is 23.4. The zero-order valence-corrected chi connectivity index (χ0v) is 19.5. The highest BCUT2D eigenvalue weighted by molar-refractivity contribution is 8.04. The predicted octanol–water partition coefficient (Wildman–Crippen LogP) is 4.13. The molecule has 0 aliphatic carbocycles. The maximum Gasteiger partial charge on any atom is 0.278 e. The monoisotopic (exact) mass is 460 g/mol. The fourth-order valence-corrected chi connectivity index (χ4v) is 4.52.